The molecule has 0 aliphatic rings. The molecule has 0 saturated heterocycles. The van der Waals surface area contributed by atoms with E-state index in [1.54, 1.807) is 6.33 Å². The van der Waals surface area contributed by atoms with Gasteiger partial charge in [-0.1, -0.05) is 266 Å². The van der Waals surface area contributed by atoms with Crippen LogP contribution in [0.25, 0.3) is 167 Å². The van der Waals surface area contributed by atoms with Gasteiger partial charge in [-0.05, 0) is 136 Å². The van der Waals surface area contributed by atoms with E-state index < -0.39 is 0 Å². The maximum Gasteiger partial charge on any atom is 0.143 e. The van der Waals surface area contributed by atoms with Gasteiger partial charge in [0.15, 0.2) is 0 Å². The maximum absolute atomic E-state index is 6.55. The van der Waals surface area contributed by atoms with Crippen molar-refractivity contribution in [1.82, 2.24) is 15.0 Å². The van der Waals surface area contributed by atoms with Crippen molar-refractivity contribution in [3.8, 4) is 123 Å². The molecule has 0 aliphatic heterocycles. The second-order valence-corrected chi connectivity index (χ2v) is 26.2. The van der Waals surface area contributed by atoms with Crippen LogP contribution < -0.4 is 0 Å². The number of fused-ring (bicyclic) bond motifs is 6. The second kappa shape index (κ2) is 26.1. The summed E-state index contributed by atoms with van der Waals surface area (Å²) in [7, 11) is 0. The summed E-state index contributed by atoms with van der Waals surface area (Å²) in [5.74, 6) is 0. The predicted octanol–water partition coefficient (Wildman–Crippen LogP) is 24.4. The van der Waals surface area contributed by atoms with E-state index in [-0.39, 0.29) is 45.6 Å². The van der Waals surface area contributed by atoms with Gasteiger partial charge in [-0.25, -0.2) is 4.98 Å². The number of nitrogens with zero attached hydrogens (tertiary/aromatic N) is 3. The first-order valence-corrected chi connectivity index (χ1v) is 32.6. The molecular weight excluding hydrogens is 1540 g/mol. The Labute approximate surface area is 593 Å². The average molecular weight is 1610 g/mol. The number of para-hydroxylation sites is 4. The molecule has 0 fully saturated rings. The Balaban J connectivity index is 0.00000403. The van der Waals surface area contributed by atoms with E-state index in [9.17, 15) is 0 Å². The summed E-state index contributed by atoms with van der Waals surface area (Å²) in [6.45, 7) is 17.9. The summed E-state index contributed by atoms with van der Waals surface area (Å²) in [6, 6.07) is 96.4. The largest absolute Gasteiger partial charge is 0.455 e. The van der Waals surface area contributed by atoms with Gasteiger partial charge < -0.3 is 13.8 Å². The molecule has 16 rings (SSSR count). The molecule has 0 N–H and O–H groups in total. The third-order valence-electron chi connectivity index (χ3n) is 19.5. The number of furan rings is 2. The molecule has 4 aromatic heterocycles. The third kappa shape index (κ3) is 11.5. The minimum Gasteiger partial charge on any atom is -0.455 e. The molecule has 16 aromatic rings. The van der Waals surface area contributed by atoms with E-state index in [4.69, 9.17) is 23.8 Å². The van der Waals surface area contributed by atoms with Gasteiger partial charge in [0.2, 0.25) is 0 Å². The molecule has 2 radical (unpaired) electrons. The fourth-order valence-electron chi connectivity index (χ4n) is 14.3. The van der Waals surface area contributed by atoms with Crippen LogP contribution in [-0.2, 0) is 45.6 Å². The van der Waals surface area contributed by atoms with Gasteiger partial charge in [-0.3, -0.25) is 4.98 Å². The number of hydrogen-bond acceptors (Lipinski definition) is 5. The zero-order chi connectivity index (χ0) is 64.6. The van der Waals surface area contributed by atoms with Crippen molar-refractivity contribution in [1.29, 1.82) is 0 Å². The topological polar surface area (TPSA) is 65.0 Å². The maximum atomic E-state index is 6.55. The Morgan fingerprint density at radius 3 is 1.15 bits per heavy atom. The quantitative estimate of drug-likeness (QED) is 0.121. The normalized spacial score (nSPS) is 11.5. The van der Waals surface area contributed by atoms with Crippen molar-refractivity contribution in [2.45, 2.75) is 60.8 Å². The number of aromatic nitrogens is 3. The number of hydrogen-bond donors (Lipinski definition) is 0. The minimum absolute atomic E-state index is 0. The molecular formula is C90H67Ir2N3O2-2. The van der Waals surface area contributed by atoms with Crippen molar-refractivity contribution in [2.75, 3.05) is 0 Å². The SMILES string of the molecule is Cc1cc(-c2[c-]cc(-c3ccccc3-c3c(C)c(C)c(-c4ccccc4-c4c[c-]c(-c5cc(C(C)(C)C)ncn5)cc4-c4ccc(-c5cccc6c5oc5ccccc56)cc4)c(C)c3C)c(-c3ccc(-c4cccc5c4oc4ccccc45)cc3)c2)ncc1-c1ccccc1.[Ir].[Ir]. The van der Waals surface area contributed by atoms with E-state index in [1.807, 2.05) is 30.5 Å². The van der Waals surface area contributed by atoms with Crippen LogP contribution in [-0.4, -0.2) is 15.0 Å². The van der Waals surface area contributed by atoms with Gasteiger partial charge in [0.1, 0.15) is 28.7 Å². The first kappa shape index (κ1) is 64.1. The van der Waals surface area contributed by atoms with Crippen molar-refractivity contribution in [2.24, 2.45) is 0 Å². The minimum atomic E-state index is -0.161. The number of rotatable bonds is 11. The molecule has 97 heavy (non-hydrogen) atoms. The number of benzene rings is 12. The Kier molecular flexibility index (Phi) is 17.2. The standard InChI is InChI=1S/C90H67N3O2.2Ir/c1-54-48-81(91-52-80(54)59-22-10-9-11-23-59)64-44-46-70(78(49-64)62-40-36-60(37-41-62)66-30-20-32-76-72-26-16-18-34-83(72)94-88(66)76)68-24-12-14-28-74(68)86-55(2)57(4)87(58(5)56(86)3)75-29-15-13-25-69(75)71-47-45-65(82-51-85(90(6,7)8)93-53-92-82)50-79(71)63-42-38-61(39-43-63)67-31-21-33-77-73-27-17-19-35-84(73)95-89(67)77;;/h9-43,46-53H,1-8H3;;/q-2;;. The Morgan fingerprint density at radius 2 is 0.701 bits per heavy atom. The van der Waals surface area contributed by atoms with Crippen molar-refractivity contribution >= 4 is 43.9 Å². The molecule has 0 unspecified atom stereocenters. The van der Waals surface area contributed by atoms with E-state index in [1.165, 1.54) is 33.4 Å². The molecule has 0 bridgehead atoms. The zero-order valence-electron chi connectivity index (χ0n) is 55.2. The number of pyridine rings is 1. The van der Waals surface area contributed by atoms with E-state index in [2.05, 4.69) is 292 Å². The molecule has 0 atom stereocenters. The second-order valence-electron chi connectivity index (χ2n) is 26.2. The molecule has 5 nitrogen and oxygen atoms in total. The summed E-state index contributed by atoms with van der Waals surface area (Å²) in [5, 5.41) is 4.45. The van der Waals surface area contributed by atoms with Crippen LogP contribution in [0.15, 0.2) is 270 Å². The van der Waals surface area contributed by atoms with Crippen LogP contribution in [0.3, 0.4) is 0 Å². The van der Waals surface area contributed by atoms with Crippen molar-refractivity contribution < 1.29 is 49.0 Å². The van der Waals surface area contributed by atoms with Gasteiger partial charge in [0.25, 0.3) is 0 Å². The first-order chi connectivity index (χ1) is 46.3. The fraction of sp³-hybridized carbons (Fsp3) is 0.100. The zero-order valence-corrected chi connectivity index (χ0v) is 59.9. The Bertz CT molecular complexity index is 5670. The van der Waals surface area contributed by atoms with Gasteiger partial charge in [-0.2, -0.15) is 0 Å². The first-order valence-electron chi connectivity index (χ1n) is 32.6. The van der Waals surface area contributed by atoms with Crippen molar-refractivity contribution in [3.05, 3.63) is 307 Å². The van der Waals surface area contributed by atoms with Crippen LogP contribution in [0, 0.1) is 46.8 Å². The Hall–Kier alpha value is -10.2. The van der Waals surface area contributed by atoms with Gasteiger partial charge in [0, 0.05) is 95.8 Å². The smallest absolute Gasteiger partial charge is 0.143 e. The van der Waals surface area contributed by atoms with Gasteiger partial charge in [0.05, 0.1) is 0 Å². The Morgan fingerprint density at radius 1 is 0.320 bits per heavy atom. The summed E-state index contributed by atoms with van der Waals surface area (Å²) in [6.07, 6.45) is 3.69. The monoisotopic (exact) mass is 1610 g/mol. The molecule has 7 heteroatoms. The van der Waals surface area contributed by atoms with Crippen LogP contribution in [0.4, 0.5) is 0 Å². The molecule has 0 spiro atoms. The van der Waals surface area contributed by atoms with E-state index in [0.717, 1.165) is 167 Å². The molecule has 474 valence electrons. The fourth-order valence-corrected chi connectivity index (χ4v) is 14.3. The van der Waals surface area contributed by atoms with E-state index >= 15 is 0 Å². The van der Waals surface area contributed by atoms with Crippen LogP contribution >= 0.6 is 0 Å². The molecule has 0 aliphatic carbocycles. The van der Waals surface area contributed by atoms with Crippen LogP contribution in [0.1, 0.15) is 54.3 Å². The van der Waals surface area contributed by atoms with Gasteiger partial charge in [-0.15, -0.1) is 47.5 Å². The summed E-state index contributed by atoms with van der Waals surface area (Å²) < 4.78 is 13.1. The molecule has 12 aromatic carbocycles. The third-order valence-corrected chi connectivity index (χ3v) is 19.5. The predicted molar refractivity (Wildman–Crippen MR) is 394 cm³/mol. The summed E-state index contributed by atoms with van der Waals surface area (Å²) in [4.78, 5) is 14.7. The van der Waals surface area contributed by atoms with Crippen molar-refractivity contribution in [3.63, 3.8) is 0 Å². The van der Waals surface area contributed by atoms with Crippen LogP contribution in [0.5, 0.6) is 0 Å². The molecule has 0 saturated carbocycles. The summed E-state index contributed by atoms with van der Waals surface area (Å²) in [5.41, 5.74) is 34.0. The molecule has 4 heterocycles. The summed E-state index contributed by atoms with van der Waals surface area (Å²) >= 11 is 0. The number of aryl methyl sites for hydroxylation is 1. The molecule has 0 amide bonds. The van der Waals surface area contributed by atoms with Crippen LogP contribution in [0.2, 0.25) is 0 Å². The average Bonchev–Trinajstić information content (AvgIpc) is 1.24. The van der Waals surface area contributed by atoms with E-state index in [0.29, 0.717) is 0 Å². The van der Waals surface area contributed by atoms with Gasteiger partial charge >= 0.3 is 0 Å².